The molecule has 0 radical (unpaired) electrons. The molecule has 1 heterocycles. The number of aliphatic hydroxyl groups is 1. The molecule has 0 unspecified atom stereocenters. The first kappa shape index (κ1) is 16.6. The van der Waals surface area contributed by atoms with E-state index >= 15 is 0 Å². The van der Waals surface area contributed by atoms with Gasteiger partial charge in [0.2, 0.25) is 0 Å². The summed E-state index contributed by atoms with van der Waals surface area (Å²) in [7, 11) is 1.52. The fourth-order valence-corrected chi connectivity index (χ4v) is 3.20. The fourth-order valence-electron chi connectivity index (χ4n) is 3.20. The maximum atomic E-state index is 10.3. The van der Waals surface area contributed by atoms with E-state index in [1.807, 2.05) is 0 Å². The third-order valence-corrected chi connectivity index (χ3v) is 4.39. The normalized spacial score (nSPS) is 24.8. The third kappa shape index (κ3) is 3.03. The van der Waals surface area contributed by atoms with Gasteiger partial charge in [0.15, 0.2) is 11.5 Å². The van der Waals surface area contributed by atoms with Crippen molar-refractivity contribution in [1.82, 2.24) is 0 Å². The minimum absolute atomic E-state index is 0.149. The van der Waals surface area contributed by atoms with Crippen LogP contribution in [0, 0.1) is 0 Å². The Hall–Kier alpha value is -2.28. The standard InChI is InChI=1S/C18H20O6/c1-23-17(11-4-7-13(20)14(21)8-11)18-16(15(22)9-24-18)10-2-5-12(19)6-3-10/h2-8,15-22H,9H2,1H3/t15-,16-,17-,18-/m0/s1. The van der Waals surface area contributed by atoms with Gasteiger partial charge in [-0.05, 0) is 35.4 Å². The smallest absolute Gasteiger partial charge is 0.157 e. The van der Waals surface area contributed by atoms with Crippen LogP contribution in [0.1, 0.15) is 23.1 Å². The van der Waals surface area contributed by atoms with Crippen molar-refractivity contribution < 1.29 is 29.9 Å². The van der Waals surface area contributed by atoms with Crippen molar-refractivity contribution in [3.05, 3.63) is 53.6 Å². The number of hydrogen-bond acceptors (Lipinski definition) is 6. The molecule has 0 aliphatic carbocycles. The highest BCUT2D eigenvalue weighted by Gasteiger charge is 2.42. The molecule has 1 aliphatic heterocycles. The highest BCUT2D eigenvalue weighted by molar-refractivity contribution is 5.42. The summed E-state index contributed by atoms with van der Waals surface area (Å²) < 4.78 is 11.3. The molecular weight excluding hydrogens is 312 g/mol. The van der Waals surface area contributed by atoms with Crippen LogP contribution < -0.4 is 0 Å². The van der Waals surface area contributed by atoms with Crippen LogP contribution in [0.15, 0.2) is 42.5 Å². The van der Waals surface area contributed by atoms with E-state index in [1.165, 1.54) is 19.2 Å². The quantitative estimate of drug-likeness (QED) is 0.640. The van der Waals surface area contributed by atoms with Gasteiger partial charge >= 0.3 is 0 Å². The molecule has 0 aromatic heterocycles. The molecule has 0 bridgehead atoms. The molecule has 2 aromatic carbocycles. The van der Waals surface area contributed by atoms with E-state index in [4.69, 9.17) is 9.47 Å². The Morgan fingerprint density at radius 1 is 1.04 bits per heavy atom. The minimum atomic E-state index is -0.706. The largest absolute Gasteiger partial charge is 0.508 e. The summed E-state index contributed by atoms with van der Waals surface area (Å²) in [4.78, 5) is 0. The van der Waals surface area contributed by atoms with Crippen LogP contribution in [-0.4, -0.2) is 46.4 Å². The molecule has 6 heteroatoms. The Bertz CT molecular complexity index is 699. The number of phenolic OH excluding ortho intramolecular Hbond substituents is 3. The van der Waals surface area contributed by atoms with Gasteiger partial charge in [0, 0.05) is 13.0 Å². The zero-order valence-electron chi connectivity index (χ0n) is 13.2. The maximum Gasteiger partial charge on any atom is 0.157 e. The molecular formula is C18H20O6. The first-order chi connectivity index (χ1) is 11.5. The summed E-state index contributed by atoms with van der Waals surface area (Å²) in [6, 6.07) is 11.1. The fraction of sp³-hybridized carbons (Fsp3) is 0.333. The van der Waals surface area contributed by atoms with Crippen LogP contribution in [0.3, 0.4) is 0 Å². The lowest BCUT2D eigenvalue weighted by Crippen LogP contribution is -2.28. The lowest BCUT2D eigenvalue weighted by molar-refractivity contribution is -0.0346. The van der Waals surface area contributed by atoms with E-state index in [-0.39, 0.29) is 29.8 Å². The predicted octanol–water partition coefficient (Wildman–Crippen LogP) is 2.03. The summed E-state index contributed by atoms with van der Waals surface area (Å²) in [6.07, 6.45) is -1.71. The monoisotopic (exact) mass is 332 g/mol. The van der Waals surface area contributed by atoms with E-state index in [2.05, 4.69) is 0 Å². The Morgan fingerprint density at radius 3 is 2.38 bits per heavy atom. The number of phenols is 3. The minimum Gasteiger partial charge on any atom is -0.508 e. The summed E-state index contributed by atoms with van der Waals surface area (Å²) >= 11 is 0. The van der Waals surface area contributed by atoms with Gasteiger partial charge in [-0.2, -0.15) is 0 Å². The molecule has 3 rings (SSSR count). The molecule has 1 fully saturated rings. The molecule has 2 aromatic rings. The number of hydrogen-bond donors (Lipinski definition) is 4. The summed E-state index contributed by atoms with van der Waals surface area (Å²) in [5.41, 5.74) is 1.46. The Morgan fingerprint density at radius 2 is 1.75 bits per heavy atom. The van der Waals surface area contributed by atoms with Crippen molar-refractivity contribution in [2.75, 3.05) is 13.7 Å². The van der Waals surface area contributed by atoms with E-state index in [9.17, 15) is 20.4 Å². The highest BCUT2D eigenvalue weighted by Crippen LogP contribution is 2.41. The summed E-state index contributed by atoms with van der Waals surface area (Å²) in [5.74, 6) is -0.646. The number of ether oxygens (including phenoxy) is 2. The topological polar surface area (TPSA) is 99.4 Å². The van der Waals surface area contributed by atoms with Gasteiger partial charge < -0.3 is 29.9 Å². The van der Waals surface area contributed by atoms with Gasteiger partial charge in [-0.3, -0.25) is 0 Å². The van der Waals surface area contributed by atoms with Gasteiger partial charge in [0.05, 0.1) is 18.8 Å². The van der Waals surface area contributed by atoms with Crippen molar-refractivity contribution in [2.45, 2.75) is 24.2 Å². The summed E-state index contributed by atoms with van der Waals surface area (Å²) in [5, 5.41) is 39.0. The molecule has 0 amide bonds. The van der Waals surface area contributed by atoms with Crippen LogP contribution in [0.5, 0.6) is 17.2 Å². The SMILES string of the molecule is CO[C@@H](c1ccc(O)c(O)c1)[C@H]1OC[C@H](O)[C@@H]1c1ccc(O)cc1. The molecule has 6 nitrogen and oxygen atoms in total. The van der Waals surface area contributed by atoms with Crippen LogP contribution in [0.25, 0.3) is 0 Å². The number of benzene rings is 2. The van der Waals surface area contributed by atoms with Gasteiger partial charge in [0.1, 0.15) is 11.9 Å². The lowest BCUT2D eigenvalue weighted by Gasteiger charge is -2.28. The van der Waals surface area contributed by atoms with E-state index < -0.39 is 18.3 Å². The second-order valence-electron chi connectivity index (χ2n) is 5.89. The molecule has 128 valence electrons. The van der Waals surface area contributed by atoms with Crippen molar-refractivity contribution in [1.29, 1.82) is 0 Å². The average molecular weight is 332 g/mol. The number of aromatic hydroxyl groups is 3. The van der Waals surface area contributed by atoms with Crippen molar-refractivity contribution >= 4 is 0 Å². The van der Waals surface area contributed by atoms with Crippen molar-refractivity contribution in [3.63, 3.8) is 0 Å². The molecule has 1 aliphatic rings. The van der Waals surface area contributed by atoms with E-state index in [0.717, 1.165) is 5.56 Å². The van der Waals surface area contributed by atoms with Gasteiger partial charge in [0.25, 0.3) is 0 Å². The van der Waals surface area contributed by atoms with Crippen molar-refractivity contribution in [3.8, 4) is 17.2 Å². The molecule has 0 saturated carbocycles. The van der Waals surface area contributed by atoms with Crippen LogP contribution >= 0.6 is 0 Å². The predicted molar refractivity (Wildman–Crippen MR) is 86.1 cm³/mol. The number of aliphatic hydroxyl groups excluding tert-OH is 1. The Labute approximate surface area is 139 Å². The van der Waals surface area contributed by atoms with Gasteiger partial charge in [-0.25, -0.2) is 0 Å². The van der Waals surface area contributed by atoms with Crippen molar-refractivity contribution in [2.24, 2.45) is 0 Å². The molecule has 4 N–H and O–H groups in total. The third-order valence-electron chi connectivity index (χ3n) is 4.39. The zero-order chi connectivity index (χ0) is 17.3. The Kier molecular flexibility index (Phi) is 4.62. The number of rotatable bonds is 4. The van der Waals surface area contributed by atoms with Gasteiger partial charge in [-0.1, -0.05) is 18.2 Å². The molecule has 1 saturated heterocycles. The van der Waals surface area contributed by atoms with Crippen LogP contribution in [0.2, 0.25) is 0 Å². The molecule has 24 heavy (non-hydrogen) atoms. The van der Waals surface area contributed by atoms with E-state index in [0.29, 0.717) is 5.56 Å². The lowest BCUT2D eigenvalue weighted by atomic mass is 9.86. The number of methoxy groups -OCH3 is 1. The van der Waals surface area contributed by atoms with Crippen LogP contribution in [0.4, 0.5) is 0 Å². The average Bonchev–Trinajstić information content (AvgIpc) is 2.94. The molecule has 4 atom stereocenters. The summed E-state index contributed by atoms with van der Waals surface area (Å²) in [6.45, 7) is 0.167. The maximum absolute atomic E-state index is 10.3. The Balaban J connectivity index is 1.94. The second kappa shape index (κ2) is 6.68. The first-order valence-corrected chi connectivity index (χ1v) is 7.64. The second-order valence-corrected chi connectivity index (χ2v) is 5.89. The van der Waals surface area contributed by atoms with Crippen LogP contribution in [-0.2, 0) is 9.47 Å². The molecule has 0 spiro atoms. The first-order valence-electron chi connectivity index (χ1n) is 7.64. The zero-order valence-corrected chi connectivity index (χ0v) is 13.2. The van der Waals surface area contributed by atoms with E-state index in [1.54, 1.807) is 30.3 Å². The van der Waals surface area contributed by atoms with Gasteiger partial charge in [-0.15, -0.1) is 0 Å². The highest BCUT2D eigenvalue weighted by atomic mass is 16.5.